The molecule has 0 bridgehead atoms. The number of halogens is 1. The van der Waals surface area contributed by atoms with Crippen LogP contribution in [0.3, 0.4) is 0 Å². The molecule has 0 aliphatic carbocycles. The molecule has 0 saturated carbocycles. The number of nitrogens with zero attached hydrogens (tertiary/aromatic N) is 5. The number of aromatic nitrogens is 2. The van der Waals surface area contributed by atoms with Crippen molar-refractivity contribution < 1.29 is 9.53 Å². The van der Waals surface area contributed by atoms with Crippen LogP contribution in [-0.2, 0) is 4.74 Å². The number of benzene rings is 1. The average Bonchev–Trinajstić information content (AvgIpc) is 3.18. The van der Waals surface area contributed by atoms with Crippen molar-refractivity contribution in [3.63, 3.8) is 0 Å². The zero-order valence-electron chi connectivity index (χ0n) is 19.3. The standard InChI is InChI=1S/C24H29ClN6O2/c1-23(2,3)33-22(32)30-9-6-24(7-10-30)8-11-31(15-24)21-13-20(27-16-28-21)29-19-5-4-17(14-26)12-18(19)25/h4-5,12-13,16H,6-11,15H2,1-3H3,(H,27,28,29). The molecule has 3 heterocycles. The molecule has 2 aromatic rings. The summed E-state index contributed by atoms with van der Waals surface area (Å²) in [6.07, 6.45) is 4.31. The van der Waals surface area contributed by atoms with E-state index in [2.05, 4.69) is 26.3 Å². The second-order valence-electron chi connectivity index (χ2n) is 9.83. The van der Waals surface area contributed by atoms with Crippen molar-refractivity contribution in [1.29, 1.82) is 5.26 Å². The maximum absolute atomic E-state index is 12.4. The first-order chi connectivity index (χ1) is 15.7. The Hall–Kier alpha value is -3.05. The van der Waals surface area contributed by atoms with E-state index in [4.69, 9.17) is 21.6 Å². The molecule has 1 amide bonds. The van der Waals surface area contributed by atoms with E-state index >= 15 is 0 Å². The summed E-state index contributed by atoms with van der Waals surface area (Å²) in [7, 11) is 0. The molecular formula is C24H29ClN6O2. The fraction of sp³-hybridized carbons (Fsp3) is 0.500. The number of amides is 1. The van der Waals surface area contributed by atoms with E-state index < -0.39 is 5.60 Å². The van der Waals surface area contributed by atoms with Crippen LogP contribution in [0.1, 0.15) is 45.6 Å². The van der Waals surface area contributed by atoms with Gasteiger partial charge in [0.15, 0.2) is 0 Å². The van der Waals surface area contributed by atoms with Gasteiger partial charge in [-0.1, -0.05) is 11.6 Å². The minimum Gasteiger partial charge on any atom is -0.444 e. The first-order valence-corrected chi connectivity index (χ1v) is 11.6. The van der Waals surface area contributed by atoms with E-state index in [1.807, 2.05) is 31.7 Å². The Kier molecular flexibility index (Phi) is 6.35. The molecule has 1 spiro atoms. The summed E-state index contributed by atoms with van der Waals surface area (Å²) in [5, 5.41) is 12.7. The molecular weight excluding hydrogens is 440 g/mol. The minimum absolute atomic E-state index is 0.188. The van der Waals surface area contributed by atoms with Gasteiger partial charge in [-0.05, 0) is 63.6 Å². The highest BCUT2D eigenvalue weighted by Gasteiger charge is 2.42. The van der Waals surface area contributed by atoms with Crippen LogP contribution < -0.4 is 10.2 Å². The zero-order chi connectivity index (χ0) is 23.6. The van der Waals surface area contributed by atoms with Crippen molar-refractivity contribution in [1.82, 2.24) is 14.9 Å². The van der Waals surface area contributed by atoms with Crippen LogP contribution >= 0.6 is 11.6 Å². The number of hydrogen-bond donors (Lipinski definition) is 1. The summed E-state index contributed by atoms with van der Waals surface area (Å²) in [4.78, 5) is 25.3. The number of piperidine rings is 1. The molecule has 174 valence electrons. The van der Waals surface area contributed by atoms with Crippen LogP contribution in [-0.4, -0.2) is 52.7 Å². The van der Waals surface area contributed by atoms with Crippen molar-refractivity contribution in [2.75, 3.05) is 36.4 Å². The number of ether oxygens (including phenoxy) is 1. The number of nitrogens with one attached hydrogen (secondary N) is 1. The van der Waals surface area contributed by atoms with Crippen LogP contribution in [0.5, 0.6) is 0 Å². The quantitative estimate of drug-likeness (QED) is 0.679. The normalized spacial score (nSPS) is 17.7. The first kappa shape index (κ1) is 23.1. The molecule has 0 atom stereocenters. The number of carbonyl (C=O) groups is 1. The lowest BCUT2D eigenvalue weighted by atomic mass is 9.78. The van der Waals surface area contributed by atoms with Gasteiger partial charge in [0, 0.05) is 32.2 Å². The lowest BCUT2D eigenvalue weighted by Crippen LogP contribution is -2.46. The zero-order valence-corrected chi connectivity index (χ0v) is 20.0. The van der Waals surface area contributed by atoms with Gasteiger partial charge in [0.1, 0.15) is 23.6 Å². The molecule has 2 fully saturated rings. The lowest BCUT2D eigenvalue weighted by molar-refractivity contribution is 0.0122. The number of carbonyl (C=O) groups excluding carboxylic acids is 1. The molecule has 2 aliphatic rings. The van der Waals surface area contributed by atoms with Gasteiger partial charge in [-0.15, -0.1) is 0 Å². The van der Waals surface area contributed by atoms with E-state index in [0.29, 0.717) is 22.1 Å². The molecule has 1 N–H and O–H groups in total. The Morgan fingerprint density at radius 2 is 1.91 bits per heavy atom. The Morgan fingerprint density at radius 1 is 1.18 bits per heavy atom. The topological polar surface area (TPSA) is 94.4 Å². The lowest BCUT2D eigenvalue weighted by Gasteiger charge is -2.39. The van der Waals surface area contributed by atoms with Crippen LogP contribution in [0.2, 0.25) is 5.02 Å². The molecule has 9 heteroatoms. The van der Waals surface area contributed by atoms with Crippen LogP contribution in [0.4, 0.5) is 22.1 Å². The Balaban J connectivity index is 1.38. The van der Waals surface area contributed by atoms with E-state index in [1.54, 1.807) is 24.5 Å². The van der Waals surface area contributed by atoms with Gasteiger partial charge in [-0.2, -0.15) is 5.26 Å². The largest absolute Gasteiger partial charge is 0.444 e. The molecule has 0 radical (unpaired) electrons. The van der Waals surface area contributed by atoms with Gasteiger partial charge in [-0.3, -0.25) is 0 Å². The van der Waals surface area contributed by atoms with Crippen molar-refractivity contribution in [3.8, 4) is 6.07 Å². The highest BCUT2D eigenvalue weighted by molar-refractivity contribution is 6.33. The summed E-state index contributed by atoms with van der Waals surface area (Å²) < 4.78 is 5.53. The molecule has 2 saturated heterocycles. The van der Waals surface area contributed by atoms with Gasteiger partial charge in [-0.25, -0.2) is 14.8 Å². The van der Waals surface area contributed by atoms with Crippen LogP contribution in [0.25, 0.3) is 0 Å². The molecule has 8 nitrogen and oxygen atoms in total. The SMILES string of the molecule is CC(C)(C)OC(=O)N1CCC2(CC1)CCN(c1cc(Nc3ccc(C#N)cc3Cl)ncn1)C2. The summed E-state index contributed by atoms with van der Waals surface area (Å²) in [6, 6.07) is 9.11. The number of likely N-dealkylation sites (tertiary alicyclic amines) is 1. The number of rotatable bonds is 3. The molecule has 2 aliphatic heterocycles. The predicted octanol–water partition coefficient (Wildman–Crippen LogP) is 4.97. The number of nitriles is 1. The van der Waals surface area contributed by atoms with Crippen LogP contribution in [0.15, 0.2) is 30.6 Å². The van der Waals surface area contributed by atoms with Gasteiger partial charge in [0.05, 0.1) is 22.3 Å². The summed E-state index contributed by atoms with van der Waals surface area (Å²) >= 11 is 6.29. The second-order valence-corrected chi connectivity index (χ2v) is 10.2. The van der Waals surface area contributed by atoms with Crippen molar-refractivity contribution in [2.24, 2.45) is 5.41 Å². The Labute approximate surface area is 199 Å². The molecule has 0 unspecified atom stereocenters. The maximum Gasteiger partial charge on any atom is 0.410 e. The van der Waals surface area contributed by atoms with E-state index in [1.165, 1.54) is 0 Å². The minimum atomic E-state index is -0.475. The van der Waals surface area contributed by atoms with Gasteiger partial charge in [0.2, 0.25) is 0 Å². The fourth-order valence-electron chi connectivity index (χ4n) is 4.44. The maximum atomic E-state index is 12.4. The molecule has 33 heavy (non-hydrogen) atoms. The van der Waals surface area contributed by atoms with Gasteiger partial charge < -0.3 is 19.9 Å². The average molecular weight is 469 g/mol. The highest BCUT2D eigenvalue weighted by atomic mass is 35.5. The van der Waals surface area contributed by atoms with E-state index in [-0.39, 0.29) is 11.5 Å². The number of hydrogen-bond acceptors (Lipinski definition) is 7. The third-order valence-electron chi connectivity index (χ3n) is 6.25. The Morgan fingerprint density at radius 3 is 2.58 bits per heavy atom. The monoisotopic (exact) mass is 468 g/mol. The van der Waals surface area contributed by atoms with Gasteiger partial charge in [0.25, 0.3) is 0 Å². The second kappa shape index (κ2) is 9.06. The van der Waals surface area contributed by atoms with Crippen LogP contribution in [0, 0.1) is 16.7 Å². The van der Waals surface area contributed by atoms with Crippen molar-refractivity contribution in [3.05, 3.63) is 41.2 Å². The Bertz CT molecular complexity index is 1070. The summed E-state index contributed by atoms with van der Waals surface area (Å²) in [6.45, 7) is 8.94. The molecule has 1 aromatic heterocycles. The third-order valence-corrected chi connectivity index (χ3v) is 6.56. The summed E-state index contributed by atoms with van der Waals surface area (Å²) in [5.74, 6) is 1.51. The van der Waals surface area contributed by atoms with Crippen molar-refractivity contribution in [2.45, 2.75) is 45.6 Å². The third kappa shape index (κ3) is 5.48. The highest BCUT2D eigenvalue weighted by Crippen LogP contribution is 2.42. The van der Waals surface area contributed by atoms with Gasteiger partial charge >= 0.3 is 6.09 Å². The summed E-state index contributed by atoms with van der Waals surface area (Å²) in [5.41, 5.74) is 0.909. The number of anilines is 3. The smallest absolute Gasteiger partial charge is 0.410 e. The van der Waals surface area contributed by atoms with Crippen molar-refractivity contribution >= 4 is 35.0 Å². The predicted molar refractivity (Wildman–Crippen MR) is 128 cm³/mol. The molecule has 1 aromatic carbocycles. The van der Waals surface area contributed by atoms with E-state index in [0.717, 1.165) is 51.3 Å². The fourth-order valence-corrected chi connectivity index (χ4v) is 4.67. The van der Waals surface area contributed by atoms with E-state index in [9.17, 15) is 4.79 Å². The molecule has 4 rings (SSSR count). The first-order valence-electron chi connectivity index (χ1n) is 11.2.